The van der Waals surface area contributed by atoms with Crippen molar-refractivity contribution in [3.05, 3.63) is 29.8 Å². The molecule has 1 rings (SSSR count). The summed E-state index contributed by atoms with van der Waals surface area (Å²) in [5.41, 5.74) is 1.54. The average Bonchev–Trinajstić information content (AvgIpc) is 2.40. The number of ether oxygens (including phenoxy) is 1. The summed E-state index contributed by atoms with van der Waals surface area (Å²) >= 11 is 0. The van der Waals surface area contributed by atoms with Crippen LogP contribution in [0.15, 0.2) is 29.4 Å². The molecule has 0 aliphatic carbocycles. The van der Waals surface area contributed by atoms with E-state index in [2.05, 4.69) is 9.89 Å². The first-order chi connectivity index (χ1) is 9.10. The molecule has 19 heavy (non-hydrogen) atoms. The molecule has 0 unspecified atom stereocenters. The Bertz CT molecular complexity index is 461. The molecule has 0 aromatic heterocycles. The van der Waals surface area contributed by atoms with Gasteiger partial charge in [-0.15, -0.1) is 5.16 Å². The number of carbonyl (C=O) groups is 1. The Labute approximate surface area is 113 Å². The second kappa shape index (κ2) is 7.43. The third-order valence-electron chi connectivity index (χ3n) is 2.16. The van der Waals surface area contributed by atoms with Crippen LogP contribution >= 0.6 is 0 Å². The molecule has 0 atom stereocenters. The van der Waals surface area contributed by atoms with Crippen molar-refractivity contribution in [3.63, 3.8) is 0 Å². The van der Waals surface area contributed by atoms with Gasteiger partial charge >= 0.3 is 6.09 Å². The summed E-state index contributed by atoms with van der Waals surface area (Å²) in [5.74, 6) is 0. The SMILES string of the molecule is [B]/C(C)=N\OCc1ccccc1N(OC)C(=O)OC. The number of hydrogen-bond donors (Lipinski definition) is 0. The molecule has 0 bridgehead atoms. The number of para-hydroxylation sites is 1. The topological polar surface area (TPSA) is 60.4 Å². The molecular weight excluding hydrogens is 247 g/mol. The molecule has 1 aromatic rings. The highest BCUT2D eigenvalue weighted by Gasteiger charge is 2.19. The van der Waals surface area contributed by atoms with Gasteiger partial charge in [-0.1, -0.05) is 18.2 Å². The van der Waals surface area contributed by atoms with Crippen LogP contribution in [0.25, 0.3) is 0 Å². The molecule has 1 aromatic carbocycles. The number of hydroxylamine groups is 1. The van der Waals surface area contributed by atoms with Crippen molar-refractivity contribution < 1.29 is 19.2 Å². The van der Waals surface area contributed by atoms with Gasteiger partial charge in [0.2, 0.25) is 0 Å². The van der Waals surface area contributed by atoms with E-state index in [0.717, 1.165) is 5.06 Å². The fraction of sp³-hybridized carbons (Fsp3) is 0.333. The van der Waals surface area contributed by atoms with Crippen LogP contribution in [-0.2, 0) is 21.0 Å². The van der Waals surface area contributed by atoms with Gasteiger partial charge in [-0.25, -0.2) is 4.79 Å². The van der Waals surface area contributed by atoms with Crippen LogP contribution in [-0.4, -0.2) is 33.8 Å². The number of amides is 1. The first kappa shape index (κ1) is 15.0. The summed E-state index contributed by atoms with van der Waals surface area (Å²) in [5, 5.41) is 4.66. The van der Waals surface area contributed by atoms with Crippen LogP contribution in [0.4, 0.5) is 10.5 Å². The number of methoxy groups -OCH3 is 1. The van der Waals surface area contributed by atoms with E-state index in [1.54, 1.807) is 25.1 Å². The van der Waals surface area contributed by atoms with E-state index in [0.29, 0.717) is 16.9 Å². The zero-order valence-corrected chi connectivity index (χ0v) is 11.1. The van der Waals surface area contributed by atoms with E-state index in [9.17, 15) is 4.79 Å². The maximum Gasteiger partial charge on any atom is 0.438 e. The lowest BCUT2D eigenvalue weighted by Crippen LogP contribution is -2.30. The standard InChI is InChI=1S/C12H15BN2O4/c1-9(13)14-19-8-10-6-4-5-7-11(10)15(18-3)12(16)17-2/h4-7H,8H2,1-3H3/b14-9-. The summed E-state index contributed by atoms with van der Waals surface area (Å²) < 4.78 is 4.63. The highest BCUT2D eigenvalue weighted by Crippen LogP contribution is 2.22. The Balaban J connectivity index is 2.93. The van der Waals surface area contributed by atoms with Crippen molar-refractivity contribution in [2.75, 3.05) is 19.3 Å². The summed E-state index contributed by atoms with van der Waals surface area (Å²) in [6, 6.07) is 7.07. The normalized spacial score (nSPS) is 11.0. The highest BCUT2D eigenvalue weighted by molar-refractivity contribution is 6.58. The van der Waals surface area contributed by atoms with Crippen LogP contribution in [0, 0.1) is 0 Å². The predicted molar refractivity (Wildman–Crippen MR) is 72.0 cm³/mol. The molecular formula is C12H15BN2O4. The quantitative estimate of drug-likeness (QED) is 0.461. The number of benzene rings is 1. The van der Waals surface area contributed by atoms with E-state index >= 15 is 0 Å². The van der Waals surface area contributed by atoms with Gasteiger partial charge in [-0.05, 0) is 13.0 Å². The average molecular weight is 262 g/mol. The van der Waals surface area contributed by atoms with Gasteiger partial charge in [0.25, 0.3) is 0 Å². The van der Waals surface area contributed by atoms with E-state index in [-0.39, 0.29) is 6.61 Å². The smallest absolute Gasteiger partial charge is 0.438 e. The molecule has 100 valence electrons. The van der Waals surface area contributed by atoms with Crippen molar-refractivity contribution >= 4 is 25.2 Å². The third-order valence-corrected chi connectivity index (χ3v) is 2.16. The number of oxime groups is 1. The van der Waals surface area contributed by atoms with Crippen LogP contribution in [0.5, 0.6) is 0 Å². The monoisotopic (exact) mass is 262 g/mol. The lowest BCUT2D eigenvalue weighted by molar-refractivity contribution is 0.111. The zero-order valence-electron chi connectivity index (χ0n) is 11.1. The summed E-state index contributed by atoms with van der Waals surface area (Å²) in [4.78, 5) is 21.6. The maximum absolute atomic E-state index is 11.6. The molecule has 6 nitrogen and oxygen atoms in total. The molecule has 0 spiro atoms. The predicted octanol–water partition coefficient (Wildman–Crippen LogP) is 1.84. The molecule has 2 radical (unpaired) electrons. The molecule has 7 heteroatoms. The Morgan fingerprint density at radius 2 is 2.05 bits per heavy atom. The Kier molecular flexibility index (Phi) is 5.88. The van der Waals surface area contributed by atoms with Gasteiger partial charge in [0.1, 0.15) is 14.5 Å². The minimum atomic E-state index is -0.631. The van der Waals surface area contributed by atoms with Crippen molar-refractivity contribution in [2.45, 2.75) is 13.5 Å². The van der Waals surface area contributed by atoms with Gasteiger partial charge < -0.3 is 9.57 Å². The van der Waals surface area contributed by atoms with Gasteiger partial charge in [-0.3, -0.25) is 4.84 Å². The fourth-order valence-corrected chi connectivity index (χ4v) is 1.39. The van der Waals surface area contributed by atoms with E-state index in [1.165, 1.54) is 14.2 Å². The number of nitrogens with zero attached hydrogens (tertiary/aromatic N) is 2. The summed E-state index contributed by atoms with van der Waals surface area (Å²) in [6.45, 7) is 1.77. The van der Waals surface area contributed by atoms with E-state index < -0.39 is 6.09 Å². The van der Waals surface area contributed by atoms with Crippen molar-refractivity contribution in [2.24, 2.45) is 5.16 Å². The Hall–Kier alpha value is -2.02. The second-order valence-electron chi connectivity index (χ2n) is 3.58. The van der Waals surface area contributed by atoms with Gasteiger partial charge in [-0.2, -0.15) is 5.06 Å². The zero-order chi connectivity index (χ0) is 14.3. The summed E-state index contributed by atoms with van der Waals surface area (Å²) in [6.07, 6.45) is -0.631. The molecule has 0 saturated carbocycles. The first-order valence-corrected chi connectivity index (χ1v) is 5.52. The first-order valence-electron chi connectivity index (χ1n) is 5.52. The van der Waals surface area contributed by atoms with Crippen molar-refractivity contribution in [1.82, 2.24) is 0 Å². The lowest BCUT2D eigenvalue weighted by Gasteiger charge is -2.20. The molecule has 1 amide bonds. The third kappa shape index (κ3) is 4.29. The van der Waals surface area contributed by atoms with E-state index in [4.69, 9.17) is 17.5 Å². The molecule has 0 aliphatic heterocycles. The number of hydrogen-bond acceptors (Lipinski definition) is 5. The minimum Gasteiger partial charge on any atom is -0.451 e. The molecule has 0 heterocycles. The van der Waals surface area contributed by atoms with E-state index in [1.807, 2.05) is 6.07 Å². The molecule has 0 N–H and O–H groups in total. The van der Waals surface area contributed by atoms with Crippen LogP contribution in [0.3, 0.4) is 0 Å². The second-order valence-corrected chi connectivity index (χ2v) is 3.58. The Morgan fingerprint density at radius 3 is 2.63 bits per heavy atom. The lowest BCUT2D eigenvalue weighted by atomic mass is 10.1. The number of rotatable bonds is 5. The maximum atomic E-state index is 11.6. The molecule has 0 fully saturated rings. The number of carbonyl (C=O) groups excluding carboxylic acids is 1. The number of anilines is 1. The fourth-order valence-electron chi connectivity index (χ4n) is 1.39. The Morgan fingerprint density at radius 1 is 1.37 bits per heavy atom. The summed E-state index contributed by atoms with van der Waals surface area (Å²) in [7, 11) is 8.01. The van der Waals surface area contributed by atoms with Crippen molar-refractivity contribution in [1.29, 1.82) is 0 Å². The highest BCUT2D eigenvalue weighted by atomic mass is 16.7. The molecule has 0 saturated heterocycles. The van der Waals surface area contributed by atoms with Gasteiger partial charge in [0.15, 0.2) is 0 Å². The largest absolute Gasteiger partial charge is 0.451 e. The minimum absolute atomic E-state index is 0.154. The molecule has 0 aliphatic rings. The van der Waals surface area contributed by atoms with Crippen molar-refractivity contribution in [3.8, 4) is 0 Å². The van der Waals surface area contributed by atoms with Gasteiger partial charge in [0, 0.05) is 11.2 Å². The van der Waals surface area contributed by atoms with Crippen LogP contribution in [0.2, 0.25) is 0 Å². The van der Waals surface area contributed by atoms with Crippen LogP contribution in [0.1, 0.15) is 12.5 Å². The van der Waals surface area contributed by atoms with Gasteiger partial charge in [0.05, 0.1) is 19.9 Å². The van der Waals surface area contributed by atoms with Crippen LogP contribution < -0.4 is 5.06 Å².